The summed E-state index contributed by atoms with van der Waals surface area (Å²) in [7, 11) is 0. The van der Waals surface area contributed by atoms with Crippen LogP contribution in [0, 0.1) is 12.7 Å². The summed E-state index contributed by atoms with van der Waals surface area (Å²) in [6, 6.07) is 7.44. The molecular weight excluding hydrogens is 239 g/mol. The summed E-state index contributed by atoms with van der Waals surface area (Å²) in [6.45, 7) is 1.89. The first-order chi connectivity index (χ1) is 8.08. The van der Waals surface area contributed by atoms with Gasteiger partial charge >= 0.3 is 0 Å². The number of rotatable bonds is 2. The normalized spacial score (nSPS) is 12.5. The molecule has 0 saturated carbocycles. The molecule has 0 aliphatic heterocycles. The van der Waals surface area contributed by atoms with Crippen LogP contribution in [-0.4, -0.2) is 4.98 Å². The highest BCUT2D eigenvalue weighted by atomic mass is 35.5. The molecule has 1 unspecified atom stereocenters. The van der Waals surface area contributed by atoms with Crippen LogP contribution in [0.2, 0.25) is 5.02 Å². The minimum Gasteiger partial charge on any atom is -0.320 e. The summed E-state index contributed by atoms with van der Waals surface area (Å²) in [4.78, 5) is 4.16. The molecule has 1 aromatic heterocycles. The predicted molar refractivity (Wildman–Crippen MR) is 66.4 cm³/mol. The smallest absolute Gasteiger partial charge is 0.123 e. The Balaban J connectivity index is 2.39. The first-order valence-corrected chi connectivity index (χ1v) is 5.59. The standard InChI is InChI=1S/C13H12ClFN2/c1-8-2-3-9(7-17-8)13(16)11-6-10(15)4-5-12(11)14/h2-7,13H,16H2,1H3. The number of nitrogens with two attached hydrogens (primary N) is 1. The Hall–Kier alpha value is -1.45. The largest absolute Gasteiger partial charge is 0.320 e. The molecule has 0 radical (unpaired) electrons. The van der Waals surface area contributed by atoms with Gasteiger partial charge in [-0.1, -0.05) is 17.7 Å². The van der Waals surface area contributed by atoms with Gasteiger partial charge in [0.05, 0.1) is 6.04 Å². The maximum Gasteiger partial charge on any atom is 0.123 e. The Morgan fingerprint density at radius 1 is 1.29 bits per heavy atom. The third-order valence-corrected chi connectivity index (χ3v) is 2.93. The van der Waals surface area contributed by atoms with Gasteiger partial charge < -0.3 is 5.73 Å². The van der Waals surface area contributed by atoms with Gasteiger partial charge in [0.2, 0.25) is 0 Å². The summed E-state index contributed by atoms with van der Waals surface area (Å²) >= 11 is 6.01. The molecule has 1 aromatic carbocycles. The lowest BCUT2D eigenvalue weighted by molar-refractivity contribution is 0.623. The van der Waals surface area contributed by atoms with Crippen molar-refractivity contribution in [3.63, 3.8) is 0 Å². The van der Waals surface area contributed by atoms with Gasteiger partial charge in [0.15, 0.2) is 0 Å². The van der Waals surface area contributed by atoms with E-state index in [1.807, 2.05) is 19.1 Å². The van der Waals surface area contributed by atoms with Gasteiger partial charge in [-0.3, -0.25) is 4.98 Å². The number of pyridine rings is 1. The van der Waals surface area contributed by atoms with Crippen LogP contribution in [0.3, 0.4) is 0 Å². The van der Waals surface area contributed by atoms with Crippen molar-refractivity contribution in [1.29, 1.82) is 0 Å². The zero-order valence-electron chi connectivity index (χ0n) is 9.32. The fourth-order valence-electron chi connectivity index (χ4n) is 1.60. The zero-order chi connectivity index (χ0) is 12.4. The molecule has 0 aliphatic carbocycles. The van der Waals surface area contributed by atoms with E-state index < -0.39 is 6.04 Å². The minimum absolute atomic E-state index is 0.347. The van der Waals surface area contributed by atoms with Gasteiger partial charge in [0.1, 0.15) is 5.82 Å². The zero-order valence-corrected chi connectivity index (χ0v) is 10.1. The van der Waals surface area contributed by atoms with Crippen molar-refractivity contribution >= 4 is 11.6 Å². The van der Waals surface area contributed by atoms with E-state index in [1.54, 1.807) is 6.20 Å². The van der Waals surface area contributed by atoms with Crippen LogP contribution in [-0.2, 0) is 0 Å². The number of benzene rings is 1. The highest BCUT2D eigenvalue weighted by Gasteiger charge is 2.13. The molecule has 2 aromatic rings. The Morgan fingerprint density at radius 2 is 2.06 bits per heavy atom. The highest BCUT2D eigenvalue weighted by molar-refractivity contribution is 6.31. The number of hydrogen-bond acceptors (Lipinski definition) is 2. The second-order valence-corrected chi connectivity index (χ2v) is 4.28. The predicted octanol–water partition coefficient (Wildman–Crippen LogP) is 3.23. The third kappa shape index (κ3) is 2.62. The maximum atomic E-state index is 13.2. The van der Waals surface area contributed by atoms with E-state index in [1.165, 1.54) is 18.2 Å². The highest BCUT2D eigenvalue weighted by Crippen LogP contribution is 2.26. The number of aryl methyl sites for hydroxylation is 1. The average molecular weight is 251 g/mol. The Kier molecular flexibility index (Phi) is 3.41. The molecule has 2 rings (SSSR count). The van der Waals surface area contributed by atoms with E-state index in [2.05, 4.69) is 4.98 Å². The van der Waals surface area contributed by atoms with E-state index in [9.17, 15) is 4.39 Å². The van der Waals surface area contributed by atoms with Crippen LogP contribution in [0.5, 0.6) is 0 Å². The number of halogens is 2. The molecular formula is C13H12ClFN2. The molecule has 0 spiro atoms. The van der Waals surface area contributed by atoms with Crippen molar-refractivity contribution in [3.8, 4) is 0 Å². The third-order valence-electron chi connectivity index (χ3n) is 2.59. The second kappa shape index (κ2) is 4.82. The van der Waals surface area contributed by atoms with Crippen LogP contribution < -0.4 is 5.73 Å². The van der Waals surface area contributed by atoms with Crippen molar-refractivity contribution < 1.29 is 4.39 Å². The molecule has 17 heavy (non-hydrogen) atoms. The van der Waals surface area contributed by atoms with E-state index in [0.29, 0.717) is 10.6 Å². The fourth-order valence-corrected chi connectivity index (χ4v) is 1.83. The molecule has 0 bridgehead atoms. The average Bonchev–Trinajstić information content (AvgIpc) is 2.32. The monoisotopic (exact) mass is 250 g/mol. The van der Waals surface area contributed by atoms with Gasteiger partial charge in [-0.2, -0.15) is 0 Å². The number of hydrogen-bond donors (Lipinski definition) is 1. The summed E-state index contributed by atoms with van der Waals surface area (Å²) in [5, 5.41) is 0.458. The lowest BCUT2D eigenvalue weighted by atomic mass is 10.0. The van der Waals surface area contributed by atoms with Crippen LogP contribution in [0.1, 0.15) is 22.9 Å². The number of nitrogens with zero attached hydrogens (tertiary/aromatic N) is 1. The van der Waals surface area contributed by atoms with Crippen molar-refractivity contribution in [2.75, 3.05) is 0 Å². The van der Waals surface area contributed by atoms with Crippen molar-refractivity contribution in [2.45, 2.75) is 13.0 Å². The summed E-state index contributed by atoms with van der Waals surface area (Å²) in [5.74, 6) is -0.347. The first kappa shape index (κ1) is 12.0. The van der Waals surface area contributed by atoms with Crippen LogP contribution in [0.25, 0.3) is 0 Å². The quantitative estimate of drug-likeness (QED) is 0.889. The van der Waals surface area contributed by atoms with Gasteiger partial charge in [0, 0.05) is 16.9 Å². The molecule has 1 atom stereocenters. The van der Waals surface area contributed by atoms with Gasteiger partial charge in [0.25, 0.3) is 0 Å². The second-order valence-electron chi connectivity index (χ2n) is 3.88. The SMILES string of the molecule is Cc1ccc(C(N)c2cc(F)ccc2Cl)cn1. The van der Waals surface area contributed by atoms with E-state index in [4.69, 9.17) is 17.3 Å². The fraction of sp³-hybridized carbons (Fsp3) is 0.154. The maximum absolute atomic E-state index is 13.2. The van der Waals surface area contributed by atoms with E-state index in [0.717, 1.165) is 11.3 Å². The van der Waals surface area contributed by atoms with Gasteiger partial charge in [-0.25, -0.2) is 4.39 Å². The minimum atomic E-state index is -0.466. The first-order valence-electron chi connectivity index (χ1n) is 5.21. The molecule has 1 heterocycles. The Labute approximate surface area is 104 Å². The number of aromatic nitrogens is 1. The molecule has 0 fully saturated rings. The van der Waals surface area contributed by atoms with Crippen LogP contribution in [0.15, 0.2) is 36.5 Å². The summed E-state index contributed by atoms with van der Waals surface area (Å²) < 4.78 is 13.2. The molecule has 0 saturated heterocycles. The molecule has 0 aliphatic rings. The topological polar surface area (TPSA) is 38.9 Å². The molecule has 0 amide bonds. The Morgan fingerprint density at radius 3 is 2.71 bits per heavy atom. The summed E-state index contributed by atoms with van der Waals surface area (Å²) in [5.41, 5.74) is 8.33. The lowest BCUT2D eigenvalue weighted by Gasteiger charge is -2.14. The Bertz CT molecular complexity index is 525. The summed E-state index contributed by atoms with van der Waals surface area (Å²) in [6.07, 6.45) is 1.68. The van der Waals surface area contributed by atoms with Crippen molar-refractivity contribution in [3.05, 3.63) is 64.2 Å². The van der Waals surface area contributed by atoms with E-state index in [-0.39, 0.29) is 5.82 Å². The van der Waals surface area contributed by atoms with Gasteiger partial charge in [-0.15, -0.1) is 0 Å². The molecule has 88 valence electrons. The molecule has 2 N–H and O–H groups in total. The molecule has 4 heteroatoms. The van der Waals surface area contributed by atoms with Crippen LogP contribution >= 0.6 is 11.6 Å². The van der Waals surface area contributed by atoms with Crippen molar-refractivity contribution in [2.24, 2.45) is 5.73 Å². The van der Waals surface area contributed by atoms with Crippen LogP contribution in [0.4, 0.5) is 4.39 Å². The van der Waals surface area contributed by atoms with E-state index >= 15 is 0 Å². The molecule has 2 nitrogen and oxygen atoms in total. The lowest BCUT2D eigenvalue weighted by Crippen LogP contribution is -2.13. The van der Waals surface area contributed by atoms with Gasteiger partial charge in [-0.05, 0) is 42.3 Å². The van der Waals surface area contributed by atoms with Crippen molar-refractivity contribution in [1.82, 2.24) is 4.98 Å².